The van der Waals surface area contributed by atoms with E-state index in [9.17, 15) is 4.79 Å². The van der Waals surface area contributed by atoms with Gasteiger partial charge in [0.25, 0.3) is 5.89 Å². The summed E-state index contributed by atoms with van der Waals surface area (Å²) in [4.78, 5) is 21.3. The fourth-order valence-corrected chi connectivity index (χ4v) is 3.41. The molecule has 4 rings (SSSR count). The molecule has 0 fully saturated rings. The lowest BCUT2D eigenvalue weighted by Gasteiger charge is -2.36. The van der Waals surface area contributed by atoms with E-state index in [0.717, 1.165) is 24.0 Å². The van der Waals surface area contributed by atoms with E-state index in [1.165, 1.54) is 0 Å². The van der Waals surface area contributed by atoms with E-state index in [4.69, 9.17) is 9.26 Å². The highest BCUT2D eigenvalue weighted by Crippen LogP contribution is 2.38. The van der Waals surface area contributed by atoms with Crippen molar-refractivity contribution in [1.29, 1.82) is 0 Å². The van der Waals surface area contributed by atoms with Gasteiger partial charge >= 0.3 is 0 Å². The number of benzene rings is 1. The van der Waals surface area contributed by atoms with Gasteiger partial charge in [-0.05, 0) is 49.6 Å². The number of ether oxygens (including phenoxy) is 1. The molecule has 2 aromatic heterocycles. The third-order valence-corrected chi connectivity index (χ3v) is 5.18. The molecule has 6 nitrogen and oxygen atoms in total. The van der Waals surface area contributed by atoms with Crippen molar-refractivity contribution in [2.45, 2.75) is 45.6 Å². The summed E-state index contributed by atoms with van der Waals surface area (Å²) < 4.78 is 11.6. The van der Waals surface area contributed by atoms with Crippen molar-refractivity contribution in [2.24, 2.45) is 0 Å². The van der Waals surface area contributed by atoms with Gasteiger partial charge in [0, 0.05) is 23.5 Å². The second kappa shape index (κ2) is 6.61. The number of Topliss-reactive ketones (excluding diaryl/α,β-unsaturated/α-hetero) is 1. The van der Waals surface area contributed by atoms with Gasteiger partial charge in [-0.3, -0.25) is 9.78 Å². The average Bonchev–Trinajstić information content (AvgIpc) is 3.18. The summed E-state index contributed by atoms with van der Waals surface area (Å²) in [5, 5.41) is 4.04. The number of hydrogen-bond acceptors (Lipinski definition) is 6. The summed E-state index contributed by atoms with van der Waals surface area (Å²) in [5.74, 6) is 1.55. The molecule has 6 heteroatoms. The Hall–Kier alpha value is -3.02. The first-order chi connectivity index (χ1) is 13.0. The van der Waals surface area contributed by atoms with Crippen LogP contribution in [0.2, 0.25) is 0 Å². The first-order valence-corrected chi connectivity index (χ1v) is 9.16. The van der Waals surface area contributed by atoms with Gasteiger partial charge in [0.2, 0.25) is 5.82 Å². The van der Waals surface area contributed by atoms with Gasteiger partial charge in [0.05, 0.1) is 12.0 Å². The van der Waals surface area contributed by atoms with Gasteiger partial charge in [0.15, 0.2) is 5.78 Å². The van der Waals surface area contributed by atoms with Crippen LogP contribution in [-0.2, 0) is 0 Å². The zero-order valence-electron chi connectivity index (χ0n) is 15.7. The molecule has 27 heavy (non-hydrogen) atoms. The summed E-state index contributed by atoms with van der Waals surface area (Å²) >= 11 is 0. The van der Waals surface area contributed by atoms with Crippen LogP contribution in [0, 0.1) is 6.92 Å². The molecule has 0 amide bonds. The fraction of sp³-hybridized carbons (Fsp3) is 0.333. The van der Waals surface area contributed by atoms with Crippen molar-refractivity contribution >= 4 is 5.78 Å². The molecule has 0 N–H and O–H groups in total. The Morgan fingerprint density at radius 3 is 2.67 bits per heavy atom. The molecule has 0 saturated carbocycles. The van der Waals surface area contributed by atoms with Gasteiger partial charge in [-0.15, -0.1) is 0 Å². The fourth-order valence-electron chi connectivity index (χ4n) is 3.41. The predicted molar refractivity (Wildman–Crippen MR) is 101 cm³/mol. The zero-order valence-corrected chi connectivity index (χ0v) is 15.7. The summed E-state index contributed by atoms with van der Waals surface area (Å²) in [5.41, 5.74) is 2.68. The third-order valence-electron chi connectivity index (χ3n) is 5.18. The van der Waals surface area contributed by atoms with Gasteiger partial charge in [-0.1, -0.05) is 19.0 Å². The lowest BCUT2D eigenvalue weighted by atomic mass is 9.85. The topological polar surface area (TPSA) is 78.1 Å². The number of carbonyl (C=O) groups is 1. The normalized spacial score (nSPS) is 15.3. The monoisotopic (exact) mass is 363 g/mol. The van der Waals surface area contributed by atoms with Gasteiger partial charge in [-0.25, -0.2) is 0 Å². The Morgan fingerprint density at radius 2 is 1.93 bits per heavy atom. The smallest absolute Gasteiger partial charge is 0.258 e. The van der Waals surface area contributed by atoms with Crippen LogP contribution in [0.3, 0.4) is 0 Å². The molecule has 1 aliphatic rings. The van der Waals surface area contributed by atoms with E-state index in [1.807, 2.05) is 25.1 Å². The lowest BCUT2D eigenvalue weighted by Crippen LogP contribution is -2.40. The summed E-state index contributed by atoms with van der Waals surface area (Å²) in [6.07, 6.45) is 5.45. The number of fused-ring (bicyclic) bond motifs is 1. The average molecular weight is 363 g/mol. The SMILES string of the molecule is CCC1(CC)CC(=O)c2cc(-c3nc(-c4cncc(C)c4)no3)ccc2O1. The molecule has 3 heterocycles. The standard InChI is InChI=1S/C21H21N3O3/c1-4-21(5-2)10-17(25)16-9-14(6-7-18(16)26-21)20-23-19(24-27-20)15-8-13(3)11-22-12-15/h6-9,11-12H,4-5,10H2,1-3H3. The first kappa shape index (κ1) is 17.4. The third kappa shape index (κ3) is 3.12. The molecule has 0 spiro atoms. The van der Waals surface area contributed by atoms with Crippen molar-refractivity contribution in [3.05, 3.63) is 47.8 Å². The largest absolute Gasteiger partial charge is 0.486 e. The molecule has 0 aliphatic carbocycles. The molecular formula is C21H21N3O3. The molecule has 138 valence electrons. The van der Waals surface area contributed by atoms with Gasteiger partial charge < -0.3 is 9.26 Å². The van der Waals surface area contributed by atoms with Crippen LogP contribution in [0.4, 0.5) is 0 Å². The second-order valence-corrected chi connectivity index (χ2v) is 6.98. The maximum absolute atomic E-state index is 12.7. The number of aromatic nitrogens is 3. The highest BCUT2D eigenvalue weighted by atomic mass is 16.5. The van der Waals surface area contributed by atoms with Crippen LogP contribution < -0.4 is 4.74 Å². The Morgan fingerprint density at radius 1 is 1.11 bits per heavy atom. The van der Waals surface area contributed by atoms with E-state index in [2.05, 4.69) is 29.0 Å². The summed E-state index contributed by atoms with van der Waals surface area (Å²) in [6.45, 7) is 6.06. The maximum atomic E-state index is 12.7. The first-order valence-electron chi connectivity index (χ1n) is 9.16. The number of carbonyl (C=O) groups excluding carboxylic acids is 1. The number of pyridine rings is 1. The number of nitrogens with zero attached hydrogens (tertiary/aromatic N) is 3. The Balaban J connectivity index is 1.68. The molecule has 0 bridgehead atoms. The highest BCUT2D eigenvalue weighted by Gasteiger charge is 2.37. The lowest BCUT2D eigenvalue weighted by molar-refractivity contribution is 0.0350. The van der Waals surface area contributed by atoms with Gasteiger partial charge in [-0.2, -0.15) is 4.98 Å². The minimum atomic E-state index is -0.401. The summed E-state index contributed by atoms with van der Waals surface area (Å²) in [7, 11) is 0. The minimum Gasteiger partial charge on any atom is -0.486 e. The van der Waals surface area contributed by atoms with Crippen LogP contribution in [0.1, 0.15) is 49.0 Å². The number of ketones is 1. The zero-order chi connectivity index (χ0) is 19.0. The van der Waals surface area contributed by atoms with Crippen LogP contribution in [0.5, 0.6) is 5.75 Å². The van der Waals surface area contributed by atoms with Crippen LogP contribution in [0.15, 0.2) is 41.2 Å². The highest BCUT2D eigenvalue weighted by molar-refractivity contribution is 6.01. The van der Waals surface area contributed by atoms with E-state index >= 15 is 0 Å². The van der Waals surface area contributed by atoms with Crippen molar-refractivity contribution in [3.8, 4) is 28.6 Å². The van der Waals surface area contributed by atoms with Crippen molar-refractivity contribution in [2.75, 3.05) is 0 Å². The predicted octanol–water partition coefficient (Wildman–Crippen LogP) is 4.63. The molecule has 0 radical (unpaired) electrons. The summed E-state index contributed by atoms with van der Waals surface area (Å²) in [6, 6.07) is 7.39. The Labute approximate surface area is 157 Å². The number of rotatable bonds is 4. The molecular weight excluding hydrogens is 342 g/mol. The second-order valence-electron chi connectivity index (χ2n) is 6.98. The molecule has 1 aromatic carbocycles. The van der Waals surface area contributed by atoms with Gasteiger partial charge in [0.1, 0.15) is 11.4 Å². The van der Waals surface area contributed by atoms with E-state index in [0.29, 0.717) is 35.0 Å². The molecule has 0 saturated heterocycles. The van der Waals surface area contributed by atoms with Crippen LogP contribution >= 0.6 is 0 Å². The van der Waals surface area contributed by atoms with E-state index < -0.39 is 5.60 Å². The van der Waals surface area contributed by atoms with Crippen molar-refractivity contribution < 1.29 is 14.1 Å². The molecule has 0 unspecified atom stereocenters. The van der Waals surface area contributed by atoms with Crippen LogP contribution in [-0.4, -0.2) is 26.5 Å². The van der Waals surface area contributed by atoms with Crippen molar-refractivity contribution in [1.82, 2.24) is 15.1 Å². The quantitative estimate of drug-likeness (QED) is 0.672. The van der Waals surface area contributed by atoms with Crippen LogP contribution in [0.25, 0.3) is 22.8 Å². The van der Waals surface area contributed by atoms with E-state index in [1.54, 1.807) is 18.5 Å². The molecule has 0 atom stereocenters. The number of aryl methyl sites for hydroxylation is 1. The molecule has 1 aliphatic heterocycles. The number of hydrogen-bond donors (Lipinski definition) is 0. The van der Waals surface area contributed by atoms with E-state index in [-0.39, 0.29) is 5.78 Å². The Kier molecular flexibility index (Phi) is 4.26. The maximum Gasteiger partial charge on any atom is 0.258 e. The molecule has 3 aromatic rings. The Bertz CT molecular complexity index is 1010. The minimum absolute atomic E-state index is 0.0874. The van der Waals surface area contributed by atoms with Crippen molar-refractivity contribution in [3.63, 3.8) is 0 Å².